The zero-order valence-electron chi connectivity index (χ0n) is 12.3. The summed E-state index contributed by atoms with van der Waals surface area (Å²) in [6, 6.07) is 1.33. The van der Waals surface area contributed by atoms with E-state index in [1.165, 1.54) is 12.8 Å². The highest BCUT2D eigenvalue weighted by atomic mass is 16.5. The molecule has 0 radical (unpaired) electrons. The minimum atomic E-state index is -0.402. The topological polar surface area (TPSA) is 94.0 Å². The molecule has 1 fully saturated rings. The van der Waals surface area contributed by atoms with Gasteiger partial charge in [-0.25, -0.2) is 14.8 Å². The first-order valence-electron chi connectivity index (χ1n) is 7.14. The second kappa shape index (κ2) is 6.52. The highest BCUT2D eigenvalue weighted by Crippen LogP contribution is 2.30. The van der Waals surface area contributed by atoms with Crippen LogP contribution >= 0.6 is 0 Å². The maximum atomic E-state index is 11.9. The molecule has 2 amide bonds. The zero-order valence-corrected chi connectivity index (χ0v) is 12.3. The largest absolute Gasteiger partial charge is 0.378 e. The van der Waals surface area contributed by atoms with Gasteiger partial charge < -0.3 is 10.1 Å². The van der Waals surface area contributed by atoms with Crippen LogP contribution in [-0.4, -0.2) is 32.9 Å². The Morgan fingerprint density at radius 2 is 2.32 bits per heavy atom. The van der Waals surface area contributed by atoms with Gasteiger partial charge in [-0.2, -0.15) is 5.10 Å². The van der Waals surface area contributed by atoms with Crippen LogP contribution in [-0.2, 0) is 17.9 Å². The normalized spacial score (nSPS) is 13.9. The lowest BCUT2D eigenvalue weighted by atomic mass is 10.4. The number of urea groups is 1. The average Bonchev–Trinajstić information content (AvgIpc) is 3.19. The molecule has 0 aromatic carbocycles. The minimum Gasteiger partial charge on any atom is -0.378 e. The van der Waals surface area contributed by atoms with Crippen LogP contribution in [0.1, 0.15) is 18.5 Å². The van der Waals surface area contributed by atoms with E-state index in [2.05, 4.69) is 25.7 Å². The number of anilines is 2. The van der Waals surface area contributed by atoms with Gasteiger partial charge in [-0.3, -0.25) is 10.00 Å². The van der Waals surface area contributed by atoms with E-state index >= 15 is 0 Å². The summed E-state index contributed by atoms with van der Waals surface area (Å²) in [6.45, 7) is 1.28. The van der Waals surface area contributed by atoms with Crippen LogP contribution in [0.25, 0.3) is 0 Å². The monoisotopic (exact) mass is 302 g/mol. The van der Waals surface area contributed by atoms with E-state index in [0.717, 1.165) is 12.5 Å². The summed E-state index contributed by atoms with van der Waals surface area (Å²) >= 11 is 0. The Labute approximate surface area is 127 Å². The van der Waals surface area contributed by atoms with Crippen molar-refractivity contribution in [1.82, 2.24) is 19.7 Å². The Morgan fingerprint density at radius 3 is 3.09 bits per heavy atom. The Hall–Kier alpha value is -2.48. The van der Waals surface area contributed by atoms with Crippen LogP contribution in [0.15, 0.2) is 24.7 Å². The van der Waals surface area contributed by atoms with Gasteiger partial charge in [0, 0.05) is 26.0 Å². The average molecular weight is 302 g/mol. The fourth-order valence-electron chi connectivity index (χ4n) is 2.04. The molecule has 0 bridgehead atoms. The second-order valence-corrected chi connectivity index (χ2v) is 5.28. The molecule has 8 nitrogen and oxygen atoms in total. The maximum Gasteiger partial charge on any atom is 0.326 e. The van der Waals surface area contributed by atoms with Crippen molar-refractivity contribution >= 4 is 17.7 Å². The van der Waals surface area contributed by atoms with Gasteiger partial charge >= 0.3 is 6.03 Å². The van der Waals surface area contributed by atoms with Crippen LogP contribution in [0.2, 0.25) is 0 Å². The Bertz CT molecular complexity index is 652. The lowest BCUT2D eigenvalue weighted by Crippen LogP contribution is -2.21. The molecule has 116 valence electrons. The number of methoxy groups -OCH3 is 1. The quantitative estimate of drug-likeness (QED) is 0.849. The third kappa shape index (κ3) is 4.01. The minimum absolute atomic E-state index is 0.234. The molecular formula is C14H18N6O2. The number of aromatic nitrogens is 4. The summed E-state index contributed by atoms with van der Waals surface area (Å²) in [4.78, 5) is 20.1. The highest BCUT2D eigenvalue weighted by Gasteiger charge is 2.22. The van der Waals surface area contributed by atoms with Crippen molar-refractivity contribution in [3.8, 4) is 0 Å². The van der Waals surface area contributed by atoms with Crippen molar-refractivity contribution in [2.45, 2.75) is 26.0 Å². The van der Waals surface area contributed by atoms with E-state index in [4.69, 9.17) is 4.74 Å². The lowest BCUT2D eigenvalue weighted by molar-refractivity contribution is 0.181. The summed E-state index contributed by atoms with van der Waals surface area (Å²) in [5, 5.41) is 9.52. The van der Waals surface area contributed by atoms with E-state index in [1.54, 1.807) is 25.6 Å². The van der Waals surface area contributed by atoms with Gasteiger partial charge in [0.15, 0.2) is 0 Å². The van der Waals surface area contributed by atoms with E-state index < -0.39 is 6.03 Å². The number of amides is 2. The van der Waals surface area contributed by atoms with Gasteiger partial charge in [0.1, 0.15) is 0 Å². The first-order valence-corrected chi connectivity index (χ1v) is 7.14. The molecule has 0 aliphatic heterocycles. The van der Waals surface area contributed by atoms with Crippen LogP contribution in [0.3, 0.4) is 0 Å². The van der Waals surface area contributed by atoms with Crippen molar-refractivity contribution in [3.05, 3.63) is 30.4 Å². The predicted molar refractivity (Wildman–Crippen MR) is 80.3 cm³/mol. The molecule has 0 unspecified atom stereocenters. The first-order chi connectivity index (χ1) is 10.7. The third-order valence-corrected chi connectivity index (χ3v) is 3.26. The molecule has 1 aliphatic rings. The molecule has 1 saturated carbocycles. The fraction of sp³-hybridized carbons (Fsp3) is 0.429. The number of hydrogen-bond acceptors (Lipinski definition) is 5. The number of rotatable bonds is 6. The van der Waals surface area contributed by atoms with Gasteiger partial charge in [-0.15, -0.1) is 0 Å². The summed E-state index contributed by atoms with van der Waals surface area (Å²) in [5.41, 5.74) is 1.34. The zero-order chi connectivity index (χ0) is 15.4. The molecule has 22 heavy (non-hydrogen) atoms. The number of ether oxygens (including phenoxy) is 1. The predicted octanol–water partition coefficient (Wildman–Crippen LogP) is 1.87. The summed E-state index contributed by atoms with van der Waals surface area (Å²) in [5.74, 6) is 0.968. The number of nitrogens with one attached hydrogen (secondary N) is 2. The Balaban J connectivity index is 1.55. The molecule has 0 saturated heterocycles. The van der Waals surface area contributed by atoms with Crippen molar-refractivity contribution in [1.29, 1.82) is 0 Å². The lowest BCUT2D eigenvalue weighted by Gasteiger charge is -2.05. The highest BCUT2D eigenvalue weighted by molar-refractivity contribution is 5.98. The number of hydrogen-bond donors (Lipinski definition) is 2. The van der Waals surface area contributed by atoms with Crippen LogP contribution in [0.4, 0.5) is 16.4 Å². The van der Waals surface area contributed by atoms with Crippen LogP contribution in [0.5, 0.6) is 0 Å². The molecule has 2 heterocycles. The molecule has 1 aliphatic carbocycles. The van der Waals surface area contributed by atoms with Gasteiger partial charge in [-0.1, -0.05) is 0 Å². The van der Waals surface area contributed by atoms with Gasteiger partial charge in [-0.05, 0) is 24.8 Å². The van der Waals surface area contributed by atoms with E-state index in [-0.39, 0.29) is 5.95 Å². The summed E-state index contributed by atoms with van der Waals surface area (Å²) < 4.78 is 6.84. The molecule has 0 spiro atoms. The Morgan fingerprint density at radius 1 is 1.45 bits per heavy atom. The second-order valence-electron chi connectivity index (χ2n) is 5.28. The summed E-state index contributed by atoms with van der Waals surface area (Å²) in [7, 11) is 1.58. The fourth-order valence-corrected chi connectivity index (χ4v) is 2.04. The van der Waals surface area contributed by atoms with Crippen LogP contribution < -0.4 is 10.6 Å². The van der Waals surface area contributed by atoms with Crippen molar-refractivity contribution in [2.24, 2.45) is 5.92 Å². The molecule has 2 N–H and O–H groups in total. The maximum absolute atomic E-state index is 11.9. The number of carbonyl (C=O) groups excluding carboxylic acids is 1. The van der Waals surface area contributed by atoms with Crippen molar-refractivity contribution in [3.63, 3.8) is 0 Å². The van der Waals surface area contributed by atoms with Gasteiger partial charge in [0.05, 0.1) is 24.2 Å². The molecule has 0 atom stereocenters. The van der Waals surface area contributed by atoms with Gasteiger partial charge in [0.2, 0.25) is 5.95 Å². The van der Waals surface area contributed by atoms with E-state index in [1.807, 2.05) is 10.9 Å². The smallest absolute Gasteiger partial charge is 0.326 e. The number of nitrogens with zero attached hydrogens (tertiary/aromatic N) is 4. The Kier molecular flexibility index (Phi) is 4.29. The summed E-state index contributed by atoms with van der Waals surface area (Å²) in [6.07, 6.45) is 7.55. The SMILES string of the molecule is COCc1ccnc(NC(=O)Nc2cnn(CC3CC3)c2)n1. The third-order valence-electron chi connectivity index (χ3n) is 3.26. The standard InChI is InChI=1S/C14H18N6O2/c1-22-9-11-4-5-15-13(17-11)19-14(21)18-12-6-16-20(8-12)7-10-2-3-10/h4-6,8,10H,2-3,7,9H2,1H3,(H2,15,17,18,19,21). The van der Waals surface area contributed by atoms with Crippen molar-refractivity contribution in [2.75, 3.05) is 17.7 Å². The number of carbonyl (C=O) groups is 1. The first kappa shape index (κ1) is 14.5. The molecule has 2 aromatic rings. The van der Waals surface area contributed by atoms with Gasteiger partial charge in [0.25, 0.3) is 0 Å². The van der Waals surface area contributed by atoms with Crippen LogP contribution in [0, 0.1) is 5.92 Å². The van der Waals surface area contributed by atoms with E-state index in [9.17, 15) is 4.79 Å². The molecule has 2 aromatic heterocycles. The molecular weight excluding hydrogens is 284 g/mol. The van der Waals surface area contributed by atoms with E-state index in [0.29, 0.717) is 18.0 Å². The molecule has 3 rings (SSSR count). The molecule has 8 heteroatoms. The van der Waals surface area contributed by atoms with Crippen molar-refractivity contribution < 1.29 is 9.53 Å².